The Morgan fingerprint density at radius 2 is 2.04 bits per heavy atom. The van der Waals surface area contributed by atoms with Gasteiger partial charge in [0.15, 0.2) is 5.16 Å². The Bertz CT molecular complexity index is 817. The fourth-order valence-corrected chi connectivity index (χ4v) is 3.13. The maximum atomic E-state index is 10.5. The number of allylic oxidation sites excluding steroid dienone is 1. The molecule has 1 amide bonds. The highest BCUT2D eigenvalue weighted by atomic mass is 32.2. The van der Waals surface area contributed by atoms with Gasteiger partial charge in [-0.1, -0.05) is 6.08 Å². The minimum Gasteiger partial charge on any atom is -0.356 e. The van der Waals surface area contributed by atoms with Gasteiger partial charge in [0.1, 0.15) is 17.5 Å². The van der Waals surface area contributed by atoms with Crippen molar-refractivity contribution in [3.05, 3.63) is 42.5 Å². The lowest BCUT2D eigenvalue weighted by molar-refractivity contribution is -0.105. The van der Waals surface area contributed by atoms with Gasteiger partial charge in [0, 0.05) is 29.7 Å². The van der Waals surface area contributed by atoms with Gasteiger partial charge >= 0.3 is 0 Å². The van der Waals surface area contributed by atoms with Crippen LogP contribution in [-0.2, 0) is 4.79 Å². The smallest absolute Gasteiger partial charge is 0.211 e. The van der Waals surface area contributed by atoms with Gasteiger partial charge in [-0.3, -0.25) is 10.2 Å². The first-order chi connectivity index (χ1) is 12.7. The maximum Gasteiger partial charge on any atom is 0.211 e. The molecule has 3 rings (SSSR count). The third kappa shape index (κ3) is 4.60. The number of anilines is 3. The number of benzene rings is 1. The van der Waals surface area contributed by atoms with E-state index >= 15 is 0 Å². The first-order valence-electron chi connectivity index (χ1n) is 8.28. The number of aromatic nitrogens is 2. The van der Waals surface area contributed by atoms with Crippen molar-refractivity contribution in [2.24, 2.45) is 0 Å². The molecule has 0 unspecified atom stereocenters. The largest absolute Gasteiger partial charge is 0.356 e. The van der Waals surface area contributed by atoms with Gasteiger partial charge in [-0.15, -0.1) is 0 Å². The lowest BCUT2D eigenvalue weighted by Crippen LogP contribution is -2.37. The molecule has 134 valence electrons. The Labute approximate surface area is 156 Å². The zero-order valence-corrected chi connectivity index (χ0v) is 15.2. The molecule has 1 aromatic carbocycles. The van der Waals surface area contributed by atoms with Crippen molar-refractivity contribution in [1.29, 1.82) is 5.41 Å². The van der Waals surface area contributed by atoms with Crippen molar-refractivity contribution >= 4 is 41.3 Å². The van der Waals surface area contributed by atoms with Gasteiger partial charge < -0.3 is 15.5 Å². The third-order valence-electron chi connectivity index (χ3n) is 3.76. The van der Waals surface area contributed by atoms with Crippen LogP contribution in [0, 0.1) is 5.41 Å². The van der Waals surface area contributed by atoms with E-state index in [-0.39, 0.29) is 5.84 Å². The van der Waals surface area contributed by atoms with Crippen molar-refractivity contribution in [3.8, 4) is 0 Å². The number of nitrogens with one attached hydrogen (secondary N) is 3. The van der Waals surface area contributed by atoms with Crippen molar-refractivity contribution in [2.45, 2.75) is 23.4 Å². The maximum absolute atomic E-state index is 10.5. The number of amides is 1. The number of nitrogens with zero attached hydrogens (tertiary/aromatic N) is 3. The molecule has 1 aliphatic rings. The molecule has 1 aliphatic heterocycles. The topological polar surface area (TPSA) is 94.0 Å². The van der Waals surface area contributed by atoms with E-state index < -0.39 is 0 Å². The standard InChI is InChI=1S/C18H20N6OS/c1-2-4-15(19)21-16-11-17(24-9-3-10-24)23-18(22-16)26-14-7-5-13(6-8-14)20-12-25/h2,4-8,11-12H,3,9-10H2,1H3,(H,20,25)(H2,19,21,22,23)/b4-2+. The van der Waals surface area contributed by atoms with Crippen LogP contribution in [0.3, 0.4) is 0 Å². The molecule has 0 spiro atoms. The summed E-state index contributed by atoms with van der Waals surface area (Å²) in [6.07, 6.45) is 5.29. The van der Waals surface area contributed by atoms with Gasteiger partial charge in [-0.25, -0.2) is 9.97 Å². The van der Waals surface area contributed by atoms with Crippen molar-refractivity contribution in [3.63, 3.8) is 0 Å². The van der Waals surface area contributed by atoms with Crippen LogP contribution in [0.1, 0.15) is 13.3 Å². The molecule has 1 fully saturated rings. The van der Waals surface area contributed by atoms with Crippen molar-refractivity contribution < 1.29 is 4.79 Å². The van der Waals surface area contributed by atoms with Crippen LogP contribution in [0.2, 0.25) is 0 Å². The minimum absolute atomic E-state index is 0.279. The van der Waals surface area contributed by atoms with Crippen LogP contribution in [0.25, 0.3) is 0 Å². The molecule has 0 atom stereocenters. The van der Waals surface area contributed by atoms with Gasteiger partial charge in [0.05, 0.1) is 0 Å². The summed E-state index contributed by atoms with van der Waals surface area (Å²) in [6, 6.07) is 9.35. The van der Waals surface area contributed by atoms with Crippen molar-refractivity contribution in [1.82, 2.24) is 9.97 Å². The summed E-state index contributed by atoms with van der Waals surface area (Å²) in [4.78, 5) is 22.8. The molecule has 1 aromatic heterocycles. The second-order valence-corrected chi connectivity index (χ2v) is 6.70. The minimum atomic E-state index is 0.279. The number of amidine groups is 1. The van der Waals surface area contributed by atoms with Crippen molar-refractivity contribution in [2.75, 3.05) is 28.6 Å². The molecule has 0 radical (unpaired) electrons. The van der Waals surface area contributed by atoms with E-state index in [9.17, 15) is 4.79 Å². The van der Waals surface area contributed by atoms with Gasteiger partial charge in [-0.05, 0) is 55.4 Å². The number of rotatable bonds is 7. The molecule has 0 aliphatic carbocycles. The molecule has 1 saturated heterocycles. The SMILES string of the molecule is C/C=C/C(=N)Nc1cc(N2CCC2)nc(Sc2ccc(NC=O)cc2)n1. The summed E-state index contributed by atoms with van der Waals surface area (Å²) in [5.41, 5.74) is 0.738. The molecule has 2 aromatic rings. The van der Waals surface area contributed by atoms with E-state index in [4.69, 9.17) is 5.41 Å². The molecular weight excluding hydrogens is 348 g/mol. The number of hydrogen-bond acceptors (Lipinski definition) is 6. The summed E-state index contributed by atoms with van der Waals surface area (Å²) >= 11 is 1.44. The van der Waals surface area contributed by atoms with Crippen LogP contribution >= 0.6 is 11.8 Å². The van der Waals surface area contributed by atoms with E-state index in [1.165, 1.54) is 11.8 Å². The fraction of sp³-hybridized carbons (Fsp3) is 0.222. The lowest BCUT2D eigenvalue weighted by Gasteiger charge is -2.32. The average Bonchev–Trinajstić information content (AvgIpc) is 2.55. The Hall–Kier alpha value is -2.87. The lowest BCUT2D eigenvalue weighted by atomic mass is 10.2. The normalized spacial score (nSPS) is 13.3. The van der Waals surface area contributed by atoms with E-state index in [0.29, 0.717) is 17.4 Å². The second kappa shape index (κ2) is 8.48. The van der Waals surface area contributed by atoms with Gasteiger partial charge in [0.25, 0.3) is 0 Å². The molecule has 8 heteroatoms. The van der Waals surface area contributed by atoms with E-state index in [1.807, 2.05) is 37.3 Å². The number of carbonyl (C=O) groups excluding carboxylic acids is 1. The van der Waals surface area contributed by atoms with Crippen LogP contribution in [-0.4, -0.2) is 35.3 Å². The molecule has 7 nitrogen and oxygen atoms in total. The monoisotopic (exact) mass is 368 g/mol. The highest BCUT2D eigenvalue weighted by Crippen LogP contribution is 2.30. The Kier molecular flexibility index (Phi) is 5.85. The van der Waals surface area contributed by atoms with Crippen LogP contribution in [0.4, 0.5) is 17.3 Å². The highest BCUT2D eigenvalue weighted by molar-refractivity contribution is 7.99. The predicted molar refractivity (Wildman–Crippen MR) is 105 cm³/mol. The molecule has 2 heterocycles. The van der Waals surface area contributed by atoms with Crippen LogP contribution < -0.4 is 15.5 Å². The summed E-state index contributed by atoms with van der Waals surface area (Å²) in [5, 5.41) is 14.1. The summed E-state index contributed by atoms with van der Waals surface area (Å²) < 4.78 is 0. The quantitative estimate of drug-likeness (QED) is 0.300. The molecule has 0 saturated carbocycles. The van der Waals surface area contributed by atoms with E-state index in [2.05, 4.69) is 25.5 Å². The number of hydrogen-bond donors (Lipinski definition) is 3. The highest BCUT2D eigenvalue weighted by Gasteiger charge is 2.18. The Morgan fingerprint density at radius 1 is 1.27 bits per heavy atom. The third-order valence-corrected chi connectivity index (χ3v) is 4.63. The van der Waals surface area contributed by atoms with Gasteiger partial charge in [-0.2, -0.15) is 0 Å². The summed E-state index contributed by atoms with van der Waals surface area (Å²) in [7, 11) is 0. The number of carbonyl (C=O) groups is 1. The Balaban J connectivity index is 1.82. The summed E-state index contributed by atoms with van der Waals surface area (Å²) in [5.74, 6) is 1.75. The van der Waals surface area contributed by atoms with Gasteiger partial charge in [0.2, 0.25) is 6.41 Å². The second-order valence-electron chi connectivity index (χ2n) is 5.66. The Morgan fingerprint density at radius 3 is 2.65 bits per heavy atom. The molecule has 0 bridgehead atoms. The van der Waals surface area contributed by atoms with Crippen LogP contribution in [0.5, 0.6) is 0 Å². The molecular formula is C18H20N6OS. The zero-order valence-electron chi connectivity index (χ0n) is 14.4. The first-order valence-corrected chi connectivity index (χ1v) is 9.10. The van der Waals surface area contributed by atoms with E-state index in [1.54, 1.807) is 12.2 Å². The summed E-state index contributed by atoms with van der Waals surface area (Å²) in [6.45, 7) is 3.84. The van der Waals surface area contributed by atoms with Crippen LogP contribution in [0.15, 0.2) is 52.5 Å². The molecule has 26 heavy (non-hydrogen) atoms. The zero-order chi connectivity index (χ0) is 18.4. The van der Waals surface area contributed by atoms with E-state index in [0.717, 1.165) is 35.9 Å². The fourth-order valence-electron chi connectivity index (χ4n) is 2.37. The predicted octanol–water partition coefficient (Wildman–Crippen LogP) is 3.37. The first kappa shape index (κ1) is 17.9. The molecule has 3 N–H and O–H groups in total. The average molecular weight is 368 g/mol.